The Morgan fingerprint density at radius 2 is 1.79 bits per heavy atom. The number of anilines is 3. The largest absolute Gasteiger partial charge is 0.495 e. The molecule has 3 aromatic rings. The highest BCUT2D eigenvalue weighted by Crippen LogP contribution is 2.37. The van der Waals surface area contributed by atoms with Crippen LogP contribution in [0.5, 0.6) is 11.5 Å². The fraction of sp³-hybridized carbons (Fsp3) is 0.143. The average Bonchev–Trinajstić information content (AvgIpc) is 2.70. The summed E-state index contributed by atoms with van der Waals surface area (Å²) in [6, 6.07) is 14.3. The van der Waals surface area contributed by atoms with E-state index in [1.165, 1.54) is 0 Å². The molecule has 0 fully saturated rings. The van der Waals surface area contributed by atoms with E-state index in [2.05, 4.69) is 15.6 Å². The van der Waals surface area contributed by atoms with Crippen LogP contribution in [0.1, 0.15) is 15.9 Å². The lowest BCUT2D eigenvalue weighted by Gasteiger charge is -2.14. The molecule has 144 valence electrons. The number of aromatic nitrogens is 1. The summed E-state index contributed by atoms with van der Waals surface area (Å²) in [6.45, 7) is 1.90. The van der Waals surface area contributed by atoms with Gasteiger partial charge in [-0.05, 0) is 30.7 Å². The van der Waals surface area contributed by atoms with Crippen LogP contribution in [0, 0.1) is 6.92 Å². The predicted molar refractivity (Wildman–Crippen MR) is 111 cm³/mol. The van der Waals surface area contributed by atoms with E-state index in [0.717, 1.165) is 5.56 Å². The molecule has 2 N–H and O–H groups in total. The van der Waals surface area contributed by atoms with Gasteiger partial charge in [-0.3, -0.25) is 4.79 Å². The van der Waals surface area contributed by atoms with Gasteiger partial charge in [-0.1, -0.05) is 29.8 Å². The third-order valence-electron chi connectivity index (χ3n) is 4.15. The summed E-state index contributed by atoms with van der Waals surface area (Å²) in [5, 5.41) is 6.46. The Balaban J connectivity index is 1.75. The number of amides is 1. The molecular weight excluding hydrogens is 378 g/mol. The van der Waals surface area contributed by atoms with Gasteiger partial charge in [-0.25, -0.2) is 4.98 Å². The Morgan fingerprint density at radius 1 is 1.04 bits per heavy atom. The van der Waals surface area contributed by atoms with Crippen LogP contribution >= 0.6 is 11.6 Å². The number of pyridine rings is 1. The van der Waals surface area contributed by atoms with Crippen LogP contribution in [0.2, 0.25) is 5.02 Å². The molecular formula is C21H20ClN3O3. The summed E-state index contributed by atoms with van der Waals surface area (Å²) >= 11 is 6.13. The highest BCUT2D eigenvalue weighted by Gasteiger charge is 2.12. The van der Waals surface area contributed by atoms with E-state index in [1.54, 1.807) is 50.7 Å². The van der Waals surface area contributed by atoms with Gasteiger partial charge in [0.05, 0.1) is 36.8 Å². The van der Waals surface area contributed by atoms with Crippen LogP contribution in [0.15, 0.2) is 54.7 Å². The van der Waals surface area contributed by atoms with Gasteiger partial charge in [0.25, 0.3) is 5.91 Å². The number of methoxy groups -OCH3 is 2. The zero-order valence-electron chi connectivity index (χ0n) is 15.7. The van der Waals surface area contributed by atoms with Crippen molar-refractivity contribution in [2.24, 2.45) is 0 Å². The van der Waals surface area contributed by atoms with Gasteiger partial charge in [0.2, 0.25) is 0 Å². The second kappa shape index (κ2) is 8.63. The van der Waals surface area contributed by atoms with Crippen LogP contribution in [0.4, 0.5) is 17.2 Å². The van der Waals surface area contributed by atoms with Crippen molar-refractivity contribution < 1.29 is 14.3 Å². The summed E-state index contributed by atoms with van der Waals surface area (Å²) < 4.78 is 10.6. The normalized spacial score (nSPS) is 10.3. The first-order chi connectivity index (χ1) is 13.5. The standard InChI is InChI=1S/C21H20ClN3O3/c1-13-6-4-5-7-15(13)21(26)24-14-8-9-20(23-12-14)25-17-11-18(27-2)16(22)10-19(17)28-3/h4-12H,1-3H3,(H,23,25)(H,24,26). The molecule has 0 saturated carbocycles. The summed E-state index contributed by atoms with van der Waals surface area (Å²) in [6.07, 6.45) is 1.58. The fourth-order valence-electron chi connectivity index (χ4n) is 2.66. The lowest BCUT2D eigenvalue weighted by atomic mass is 10.1. The maximum atomic E-state index is 12.4. The van der Waals surface area contributed by atoms with Crippen molar-refractivity contribution in [1.29, 1.82) is 0 Å². The second-order valence-corrected chi connectivity index (χ2v) is 6.42. The Morgan fingerprint density at radius 3 is 2.43 bits per heavy atom. The molecule has 0 aliphatic rings. The van der Waals surface area contributed by atoms with E-state index in [9.17, 15) is 4.79 Å². The number of aryl methyl sites for hydroxylation is 1. The van der Waals surface area contributed by atoms with Crippen molar-refractivity contribution >= 4 is 34.7 Å². The van der Waals surface area contributed by atoms with E-state index in [4.69, 9.17) is 21.1 Å². The molecule has 0 spiro atoms. The van der Waals surface area contributed by atoms with Crippen molar-refractivity contribution in [3.63, 3.8) is 0 Å². The van der Waals surface area contributed by atoms with E-state index in [-0.39, 0.29) is 5.91 Å². The summed E-state index contributed by atoms with van der Waals surface area (Å²) in [5.41, 5.74) is 2.80. The van der Waals surface area contributed by atoms with Gasteiger partial charge in [-0.15, -0.1) is 0 Å². The molecule has 7 heteroatoms. The first-order valence-corrected chi connectivity index (χ1v) is 8.91. The number of nitrogens with zero attached hydrogens (tertiary/aromatic N) is 1. The highest BCUT2D eigenvalue weighted by atomic mass is 35.5. The molecule has 2 aromatic carbocycles. The molecule has 0 bridgehead atoms. The summed E-state index contributed by atoms with van der Waals surface area (Å²) in [5.74, 6) is 1.48. The molecule has 0 saturated heterocycles. The molecule has 1 amide bonds. The number of rotatable bonds is 6. The van der Waals surface area contributed by atoms with E-state index >= 15 is 0 Å². The lowest BCUT2D eigenvalue weighted by molar-refractivity contribution is 0.102. The second-order valence-electron chi connectivity index (χ2n) is 6.01. The maximum absolute atomic E-state index is 12.4. The Hall–Kier alpha value is -3.25. The SMILES string of the molecule is COc1cc(Nc2ccc(NC(=O)c3ccccc3C)cn2)c(OC)cc1Cl. The molecule has 0 aliphatic heterocycles. The van der Waals surface area contributed by atoms with Crippen molar-refractivity contribution in [2.45, 2.75) is 6.92 Å². The minimum atomic E-state index is -0.176. The topological polar surface area (TPSA) is 72.5 Å². The van der Waals surface area contributed by atoms with Gasteiger partial charge in [0.1, 0.15) is 17.3 Å². The Bertz CT molecular complexity index is 991. The molecule has 1 heterocycles. The monoisotopic (exact) mass is 397 g/mol. The third kappa shape index (κ3) is 4.35. The molecule has 3 rings (SSSR count). The van der Waals surface area contributed by atoms with Gasteiger partial charge < -0.3 is 20.1 Å². The van der Waals surface area contributed by atoms with Gasteiger partial charge >= 0.3 is 0 Å². The lowest BCUT2D eigenvalue weighted by Crippen LogP contribution is -2.13. The number of hydrogen-bond donors (Lipinski definition) is 2. The minimum absolute atomic E-state index is 0.176. The van der Waals surface area contributed by atoms with Crippen LogP contribution in [-0.4, -0.2) is 25.1 Å². The Kier molecular flexibility index (Phi) is 6.01. The first kappa shape index (κ1) is 19.5. The van der Waals surface area contributed by atoms with Crippen LogP contribution in [0.25, 0.3) is 0 Å². The summed E-state index contributed by atoms with van der Waals surface area (Å²) in [4.78, 5) is 16.7. The number of nitrogens with one attached hydrogen (secondary N) is 2. The van der Waals surface area contributed by atoms with Crippen molar-refractivity contribution in [3.8, 4) is 11.5 Å². The van der Waals surface area contributed by atoms with E-state index in [0.29, 0.717) is 39.3 Å². The van der Waals surface area contributed by atoms with E-state index in [1.807, 2.05) is 25.1 Å². The fourth-order valence-corrected chi connectivity index (χ4v) is 2.89. The average molecular weight is 398 g/mol. The number of ether oxygens (including phenoxy) is 2. The maximum Gasteiger partial charge on any atom is 0.255 e. The molecule has 0 radical (unpaired) electrons. The molecule has 6 nitrogen and oxygen atoms in total. The van der Waals surface area contributed by atoms with Gasteiger partial charge in [0.15, 0.2) is 0 Å². The smallest absolute Gasteiger partial charge is 0.255 e. The molecule has 0 aliphatic carbocycles. The van der Waals surface area contributed by atoms with E-state index < -0.39 is 0 Å². The predicted octanol–water partition coefficient (Wildman–Crippen LogP) is 5.06. The number of halogens is 1. The van der Waals surface area contributed by atoms with Crippen molar-refractivity contribution in [2.75, 3.05) is 24.9 Å². The zero-order valence-corrected chi connectivity index (χ0v) is 16.5. The van der Waals surface area contributed by atoms with Crippen LogP contribution < -0.4 is 20.1 Å². The van der Waals surface area contributed by atoms with Crippen molar-refractivity contribution in [3.05, 3.63) is 70.9 Å². The molecule has 28 heavy (non-hydrogen) atoms. The van der Waals surface area contributed by atoms with Gasteiger partial charge in [-0.2, -0.15) is 0 Å². The first-order valence-electron chi connectivity index (χ1n) is 8.53. The molecule has 0 unspecified atom stereocenters. The third-order valence-corrected chi connectivity index (χ3v) is 4.44. The van der Waals surface area contributed by atoms with Crippen LogP contribution in [0.3, 0.4) is 0 Å². The van der Waals surface area contributed by atoms with Crippen LogP contribution in [-0.2, 0) is 0 Å². The Labute approximate surface area is 168 Å². The number of hydrogen-bond acceptors (Lipinski definition) is 5. The molecule has 0 atom stereocenters. The minimum Gasteiger partial charge on any atom is -0.495 e. The molecule has 1 aromatic heterocycles. The van der Waals surface area contributed by atoms with Gasteiger partial charge in [0, 0.05) is 17.7 Å². The quantitative estimate of drug-likeness (QED) is 0.608. The number of carbonyl (C=O) groups excluding carboxylic acids is 1. The van der Waals surface area contributed by atoms with Crippen molar-refractivity contribution in [1.82, 2.24) is 4.98 Å². The summed E-state index contributed by atoms with van der Waals surface area (Å²) in [7, 11) is 3.10. The number of benzene rings is 2. The zero-order chi connectivity index (χ0) is 20.1. The number of carbonyl (C=O) groups is 1. The highest BCUT2D eigenvalue weighted by molar-refractivity contribution is 6.32.